The van der Waals surface area contributed by atoms with Gasteiger partial charge in [0, 0.05) is 16.8 Å². The van der Waals surface area contributed by atoms with Crippen LogP contribution >= 0.6 is 11.6 Å². The highest BCUT2D eigenvalue weighted by Gasteiger charge is 2.36. The zero-order valence-electron chi connectivity index (χ0n) is 15.9. The predicted octanol–water partition coefficient (Wildman–Crippen LogP) is 4.64. The third-order valence-electron chi connectivity index (χ3n) is 4.78. The van der Waals surface area contributed by atoms with Gasteiger partial charge in [0.1, 0.15) is 6.67 Å². The molecular weight excluding hydrogens is 400 g/mol. The van der Waals surface area contributed by atoms with Crippen LogP contribution in [0.25, 0.3) is 6.08 Å². The Morgan fingerprint density at radius 1 is 0.833 bits per heavy atom. The van der Waals surface area contributed by atoms with E-state index in [9.17, 15) is 14.4 Å². The van der Waals surface area contributed by atoms with Crippen molar-refractivity contribution in [3.63, 3.8) is 0 Å². The molecule has 3 aromatic rings. The Bertz CT molecular complexity index is 1110. The number of amides is 3. The maximum atomic E-state index is 13.0. The molecule has 5 nitrogen and oxygen atoms in total. The van der Waals surface area contributed by atoms with Gasteiger partial charge in [0.15, 0.2) is 0 Å². The molecule has 30 heavy (non-hydrogen) atoms. The van der Waals surface area contributed by atoms with Gasteiger partial charge >= 0.3 is 0 Å². The molecule has 0 fully saturated rings. The number of benzene rings is 3. The van der Waals surface area contributed by atoms with E-state index in [0.717, 1.165) is 10.5 Å². The van der Waals surface area contributed by atoms with Crippen LogP contribution in [0.3, 0.4) is 0 Å². The van der Waals surface area contributed by atoms with Crippen molar-refractivity contribution in [3.05, 3.63) is 107 Å². The molecule has 0 saturated carbocycles. The summed E-state index contributed by atoms with van der Waals surface area (Å²) in [5.74, 6) is -1.21. The van der Waals surface area contributed by atoms with E-state index in [0.29, 0.717) is 21.8 Å². The smallest absolute Gasteiger partial charge is 0.263 e. The molecule has 1 heterocycles. The lowest BCUT2D eigenvalue weighted by molar-refractivity contribution is -0.114. The van der Waals surface area contributed by atoms with Crippen molar-refractivity contribution in [2.45, 2.75) is 0 Å². The molecule has 0 unspecified atom stereocenters. The molecule has 3 amide bonds. The standard InChI is InChI=1S/C24H17ClN2O3/c25-18-11-13-19(14-12-18)26(22(28)15-10-17-6-2-1-3-7-17)16-27-23(29)20-8-4-5-9-21(20)24(27)30/h1-15H,16H2/b15-10+. The van der Waals surface area contributed by atoms with Crippen molar-refractivity contribution >= 4 is 41.1 Å². The van der Waals surface area contributed by atoms with Crippen LogP contribution in [0.5, 0.6) is 0 Å². The van der Waals surface area contributed by atoms with Gasteiger partial charge in [-0.1, -0.05) is 54.1 Å². The Balaban J connectivity index is 1.64. The van der Waals surface area contributed by atoms with Crippen LogP contribution in [-0.4, -0.2) is 29.3 Å². The van der Waals surface area contributed by atoms with Gasteiger partial charge in [0.25, 0.3) is 17.7 Å². The first kappa shape index (κ1) is 19.6. The van der Waals surface area contributed by atoms with E-state index >= 15 is 0 Å². The molecule has 3 aromatic carbocycles. The Morgan fingerprint density at radius 3 is 2.00 bits per heavy atom. The number of hydrogen-bond donors (Lipinski definition) is 0. The zero-order valence-corrected chi connectivity index (χ0v) is 16.6. The third kappa shape index (κ3) is 3.88. The number of hydrogen-bond acceptors (Lipinski definition) is 3. The molecule has 0 radical (unpaired) electrons. The SMILES string of the molecule is O=C1c2ccccc2C(=O)N1CN(C(=O)/C=C/c1ccccc1)c1ccc(Cl)cc1. The second-order valence-electron chi connectivity index (χ2n) is 6.71. The molecule has 0 bridgehead atoms. The minimum absolute atomic E-state index is 0.202. The van der Waals surface area contributed by atoms with Crippen LogP contribution in [0.4, 0.5) is 5.69 Å². The Morgan fingerprint density at radius 2 is 1.40 bits per heavy atom. The second kappa shape index (κ2) is 8.35. The minimum Gasteiger partial charge on any atom is -0.290 e. The van der Waals surface area contributed by atoms with E-state index in [1.165, 1.54) is 11.0 Å². The van der Waals surface area contributed by atoms with Crippen LogP contribution in [0.2, 0.25) is 5.02 Å². The maximum absolute atomic E-state index is 13.0. The summed E-state index contributed by atoms with van der Waals surface area (Å²) in [4.78, 5) is 41.0. The van der Waals surface area contributed by atoms with Crippen LogP contribution < -0.4 is 4.90 Å². The van der Waals surface area contributed by atoms with Gasteiger partial charge in [-0.05, 0) is 48.0 Å². The highest BCUT2D eigenvalue weighted by molar-refractivity contribution is 6.30. The van der Waals surface area contributed by atoms with E-state index < -0.39 is 11.8 Å². The summed E-state index contributed by atoms with van der Waals surface area (Å²) in [7, 11) is 0. The average molecular weight is 417 g/mol. The van der Waals surface area contributed by atoms with Crippen LogP contribution in [-0.2, 0) is 4.79 Å². The van der Waals surface area contributed by atoms with Gasteiger partial charge < -0.3 is 0 Å². The van der Waals surface area contributed by atoms with E-state index in [4.69, 9.17) is 11.6 Å². The molecule has 0 aromatic heterocycles. The van der Waals surface area contributed by atoms with E-state index in [2.05, 4.69) is 0 Å². The number of carbonyl (C=O) groups excluding carboxylic acids is 3. The van der Waals surface area contributed by atoms with Gasteiger partial charge in [0.2, 0.25) is 0 Å². The molecule has 1 aliphatic rings. The molecule has 0 atom stereocenters. The summed E-state index contributed by atoms with van der Waals surface area (Å²) < 4.78 is 0. The Hall–Kier alpha value is -3.70. The summed E-state index contributed by atoms with van der Waals surface area (Å²) in [6.07, 6.45) is 3.11. The molecule has 0 spiro atoms. The molecule has 148 valence electrons. The third-order valence-corrected chi connectivity index (χ3v) is 5.04. The normalized spacial score (nSPS) is 13.0. The quantitative estimate of drug-likeness (QED) is 0.449. The zero-order chi connectivity index (χ0) is 21.1. The molecule has 0 aliphatic carbocycles. The van der Waals surface area contributed by atoms with E-state index in [-0.39, 0.29) is 12.6 Å². The summed E-state index contributed by atoms with van der Waals surface area (Å²) in [5, 5.41) is 0.520. The Kier molecular flexibility index (Phi) is 5.46. The van der Waals surface area contributed by atoms with Crippen molar-refractivity contribution in [2.24, 2.45) is 0 Å². The fourth-order valence-corrected chi connectivity index (χ4v) is 3.36. The van der Waals surface area contributed by atoms with Gasteiger partial charge in [0.05, 0.1) is 11.1 Å². The maximum Gasteiger partial charge on any atom is 0.263 e. The largest absolute Gasteiger partial charge is 0.290 e. The summed E-state index contributed by atoms with van der Waals surface area (Å²) in [6.45, 7) is -0.202. The van der Waals surface area contributed by atoms with Crippen molar-refractivity contribution < 1.29 is 14.4 Å². The van der Waals surface area contributed by atoms with Crippen LogP contribution in [0, 0.1) is 0 Å². The number of anilines is 1. The van der Waals surface area contributed by atoms with Crippen LogP contribution in [0.15, 0.2) is 84.9 Å². The summed E-state index contributed by atoms with van der Waals surface area (Å²) in [6, 6.07) is 22.7. The monoisotopic (exact) mass is 416 g/mol. The predicted molar refractivity (Wildman–Crippen MR) is 116 cm³/mol. The van der Waals surface area contributed by atoms with Crippen molar-refractivity contribution in [1.82, 2.24) is 4.90 Å². The molecule has 4 rings (SSSR count). The number of imide groups is 1. The lowest BCUT2D eigenvalue weighted by Crippen LogP contribution is -2.43. The molecule has 0 saturated heterocycles. The van der Waals surface area contributed by atoms with Gasteiger partial charge in [-0.3, -0.25) is 24.2 Å². The van der Waals surface area contributed by atoms with E-state index in [1.54, 1.807) is 54.6 Å². The first-order valence-corrected chi connectivity index (χ1v) is 9.68. The van der Waals surface area contributed by atoms with Gasteiger partial charge in [-0.15, -0.1) is 0 Å². The average Bonchev–Trinajstić information content (AvgIpc) is 3.02. The molecule has 0 N–H and O–H groups in total. The minimum atomic E-state index is -0.422. The first-order chi connectivity index (χ1) is 14.5. The number of carbonyl (C=O) groups is 3. The van der Waals surface area contributed by atoms with Crippen LogP contribution in [0.1, 0.15) is 26.3 Å². The van der Waals surface area contributed by atoms with E-state index in [1.807, 2.05) is 30.3 Å². The highest BCUT2D eigenvalue weighted by atomic mass is 35.5. The number of nitrogens with zero attached hydrogens (tertiary/aromatic N) is 2. The van der Waals surface area contributed by atoms with Crippen molar-refractivity contribution in [1.29, 1.82) is 0 Å². The molecule has 6 heteroatoms. The fraction of sp³-hybridized carbons (Fsp3) is 0.0417. The highest BCUT2D eigenvalue weighted by Crippen LogP contribution is 2.25. The lowest BCUT2D eigenvalue weighted by Gasteiger charge is -2.26. The van der Waals surface area contributed by atoms with Gasteiger partial charge in [-0.2, -0.15) is 0 Å². The Labute approximate surface area is 178 Å². The fourth-order valence-electron chi connectivity index (χ4n) is 3.23. The number of halogens is 1. The molecule has 1 aliphatic heterocycles. The van der Waals surface area contributed by atoms with Gasteiger partial charge in [-0.25, -0.2) is 0 Å². The molecular formula is C24H17ClN2O3. The van der Waals surface area contributed by atoms with Crippen molar-refractivity contribution in [2.75, 3.05) is 11.6 Å². The summed E-state index contributed by atoms with van der Waals surface area (Å²) >= 11 is 5.98. The lowest BCUT2D eigenvalue weighted by atomic mass is 10.1. The topological polar surface area (TPSA) is 57.7 Å². The first-order valence-electron chi connectivity index (χ1n) is 9.30. The number of rotatable bonds is 5. The second-order valence-corrected chi connectivity index (χ2v) is 7.15. The van der Waals surface area contributed by atoms with Crippen molar-refractivity contribution in [3.8, 4) is 0 Å². The summed E-state index contributed by atoms with van der Waals surface area (Å²) in [5.41, 5.74) is 2.07. The number of fused-ring (bicyclic) bond motifs is 1.